The summed E-state index contributed by atoms with van der Waals surface area (Å²) in [6.07, 6.45) is 4.20. The highest BCUT2D eigenvalue weighted by Gasteiger charge is 2.30. The smallest absolute Gasteiger partial charge is 0.267 e. The molecule has 0 aromatic carbocycles. The lowest BCUT2D eigenvalue weighted by molar-refractivity contribution is -0.133. The van der Waals surface area contributed by atoms with Crippen molar-refractivity contribution in [1.29, 1.82) is 0 Å². The van der Waals surface area contributed by atoms with Crippen molar-refractivity contribution >= 4 is 5.91 Å². The van der Waals surface area contributed by atoms with E-state index in [1.165, 1.54) is 17.2 Å². The van der Waals surface area contributed by atoms with Crippen LogP contribution >= 0.6 is 0 Å². The maximum absolute atomic E-state index is 12.5. The number of hydrogen-bond acceptors (Lipinski definition) is 5. The summed E-state index contributed by atoms with van der Waals surface area (Å²) in [4.78, 5) is 30.7. The van der Waals surface area contributed by atoms with Crippen LogP contribution in [0, 0.1) is 6.92 Å². The number of fused-ring (bicyclic) bond motifs is 1. The highest BCUT2D eigenvalue weighted by molar-refractivity contribution is 5.76. The van der Waals surface area contributed by atoms with Crippen molar-refractivity contribution in [2.24, 2.45) is 0 Å². The van der Waals surface area contributed by atoms with Gasteiger partial charge in [-0.05, 0) is 25.8 Å². The SMILES string of the molecule is Cc1ccc(=O)n(CC(=O)N2CCc3oc(C4CCC4)nc3C2)n1. The number of hydrogen-bond donors (Lipinski definition) is 0. The third-order valence-electron chi connectivity index (χ3n) is 4.84. The molecule has 1 amide bonds. The Morgan fingerprint density at radius 2 is 2.21 bits per heavy atom. The number of nitrogens with zero attached hydrogens (tertiary/aromatic N) is 4. The predicted octanol–water partition coefficient (Wildman–Crippen LogP) is 1.39. The zero-order chi connectivity index (χ0) is 16.7. The molecule has 1 aliphatic heterocycles. The molecule has 0 atom stereocenters. The second-order valence-corrected chi connectivity index (χ2v) is 6.59. The second-order valence-electron chi connectivity index (χ2n) is 6.59. The normalized spacial score (nSPS) is 17.5. The maximum atomic E-state index is 12.5. The molecule has 2 aromatic rings. The van der Waals surface area contributed by atoms with Crippen molar-refractivity contribution in [2.75, 3.05) is 6.54 Å². The first-order valence-electron chi connectivity index (χ1n) is 8.41. The van der Waals surface area contributed by atoms with Crippen molar-refractivity contribution < 1.29 is 9.21 Å². The molecule has 0 spiro atoms. The van der Waals surface area contributed by atoms with E-state index in [4.69, 9.17) is 4.42 Å². The Bertz CT molecular complexity index is 835. The van der Waals surface area contributed by atoms with Gasteiger partial charge < -0.3 is 9.32 Å². The minimum absolute atomic E-state index is 0.0385. The van der Waals surface area contributed by atoms with Crippen molar-refractivity contribution in [3.63, 3.8) is 0 Å². The lowest BCUT2D eigenvalue weighted by atomic mass is 9.85. The molecule has 7 nitrogen and oxygen atoms in total. The Hall–Kier alpha value is -2.44. The number of amides is 1. The molecule has 0 unspecified atom stereocenters. The maximum Gasteiger partial charge on any atom is 0.267 e. The molecule has 3 heterocycles. The van der Waals surface area contributed by atoms with E-state index >= 15 is 0 Å². The summed E-state index contributed by atoms with van der Waals surface area (Å²) in [5, 5.41) is 4.12. The summed E-state index contributed by atoms with van der Waals surface area (Å²) < 4.78 is 7.09. The third kappa shape index (κ3) is 2.74. The molecule has 24 heavy (non-hydrogen) atoms. The lowest BCUT2D eigenvalue weighted by Crippen LogP contribution is -2.40. The fourth-order valence-corrected chi connectivity index (χ4v) is 3.15. The topological polar surface area (TPSA) is 81.2 Å². The Morgan fingerprint density at radius 3 is 2.96 bits per heavy atom. The van der Waals surface area contributed by atoms with Gasteiger partial charge in [-0.3, -0.25) is 9.59 Å². The van der Waals surface area contributed by atoms with Crippen LogP contribution in [0.1, 0.15) is 48.2 Å². The quantitative estimate of drug-likeness (QED) is 0.850. The molecule has 1 saturated carbocycles. The Labute approximate surface area is 139 Å². The largest absolute Gasteiger partial charge is 0.445 e. The first kappa shape index (κ1) is 15.1. The zero-order valence-electron chi connectivity index (χ0n) is 13.7. The lowest BCUT2D eigenvalue weighted by Gasteiger charge is -2.25. The molecular weight excluding hydrogens is 308 g/mol. The molecule has 126 valence electrons. The van der Waals surface area contributed by atoms with Crippen LogP contribution in [0.25, 0.3) is 0 Å². The van der Waals surface area contributed by atoms with Crippen molar-refractivity contribution in [3.8, 4) is 0 Å². The third-order valence-corrected chi connectivity index (χ3v) is 4.84. The molecule has 0 saturated heterocycles. The first-order valence-corrected chi connectivity index (χ1v) is 8.41. The molecular formula is C17H20N4O3. The highest BCUT2D eigenvalue weighted by atomic mass is 16.4. The van der Waals surface area contributed by atoms with Gasteiger partial charge in [0.05, 0.1) is 12.2 Å². The average molecular weight is 328 g/mol. The Kier molecular flexibility index (Phi) is 3.70. The summed E-state index contributed by atoms with van der Waals surface area (Å²) >= 11 is 0. The molecule has 2 aliphatic rings. The van der Waals surface area contributed by atoms with Gasteiger partial charge in [0.2, 0.25) is 5.91 Å². The number of carbonyl (C=O) groups is 1. The van der Waals surface area contributed by atoms with Gasteiger partial charge in [-0.1, -0.05) is 6.42 Å². The van der Waals surface area contributed by atoms with E-state index in [1.54, 1.807) is 17.9 Å². The monoisotopic (exact) mass is 328 g/mol. The molecule has 0 N–H and O–H groups in total. The van der Waals surface area contributed by atoms with Crippen LogP contribution in [0.3, 0.4) is 0 Å². The van der Waals surface area contributed by atoms with E-state index in [1.807, 2.05) is 0 Å². The Balaban J connectivity index is 1.47. The van der Waals surface area contributed by atoms with Crippen LogP contribution in [-0.2, 0) is 24.3 Å². The van der Waals surface area contributed by atoms with Crippen LogP contribution in [0.2, 0.25) is 0 Å². The first-order chi connectivity index (χ1) is 11.6. The summed E-state index contributed by atoms with van der Waals surface area (Å²) in [5.41, 5.74) is 1.31. The fourth-order valence-electron chi connectivity index (χ4n) is 3.15. The van der Waals surface area contributed by atoms with E-state index < -0.39 is 0 Å². The second kappa shape index (κ2) is 5.89. The molecule has 2 aromatic heterocycles. The van der Waals surface area contributed by atoms with Gasteiger partial charge in [-0.2, -0.15) is 5.10 Å². The molecule has 0 bridgehead atoms. The van der Waals surface area contributed by atoms with E-state index in [0.717, 1.165) is 30.2 Å². The molecule has 7 heteroatoms. The van der Waals surface area contributed by atoms with Crippen molar-refractivity contribution in [2.45, 2.75) is 51.6 Å². The number of carbonyl (C=O) groups excluding carboxylic acids is 1. The minimum Gasteiger partial charge on any atom is -0.445 e. The van der Waals surface area contributed by atoms with Crippen LogP contribution < -0.4 is 5.56 Å². The Morgan fingerprint density at radius 1 is 1.38 bits per heavy atom. The summed E-state index contributed by atoms with van der Waals surface area (Å²) in [6.45, 7) is 2.80. The summed E-state index contributed by atoms with van der Waals surface area (Å²) in [5.74, 6) is 2.08. The van der Waals surface area contributed by atoms with Gasteiger partial charge in [-0.15, -0.1) is 0 Å². The summed E-state index contributed by atoms with van der Waals surface area (Å²) in [7, 11) is 0. The van der Waals surface area contributed by atoms with E-state index in [0.29, 0.717) is 31.1 Å². The van der Waals surface area contributed by atoms with Gasteiger partial charge in [0.1, 0.15) is 18.0 Å². The van der Waals surface area contributed by atoms with Gasteiger partial charge in [0, 0.05) is 24.9 Å². The van der Waals surface area contributed by atoms with Crippen LogP contribution in [0.5, 0.6) is 0 Å². The van der Waals surface area contributed by atoms with Crippen LogP contribution in [0.15, 0.2) is 21.3 Å². The van der Waals surface area contributed by atoms with Crippen molar-refractivity contribution in [3.05, 3.63) is 45.5 Å². The van der Waals surface area contributed by atoms with E-state index in [-0.39, 0.29) is 18.0 Å². The number of aromatic nitrogens is 3. The molecule has 1 fully saturated rings. The highest BCUT2D eigenvalue weighted by Crippen LogP contribution is 2.37. The molecule has 4 rings (SSSR count). The summed E-state index contributed by atoms with van der Waals surface area (Å²) in [6, 6.07) is 3.08. The van der Waals surface area contributed by atoms with Crippen LogP contribution in [-0.4, -0.2) is 32.1 Å². The number of aryl methyl sites for hydroxylation is 1. The minimum atomic E-state index is -0.264. The van der Waals surface area contributed by atoms with Crippen LogP contribution in [0.4, 0.5) is 0 Å². The average Bonchev–Trinajstić information content (AvgIpc) is 2.91. The predicted molar refractivity (Wildman–Crippen MR) is 85.5 cm³/mol. The molecule has 1 aliphatic carbocycles. The zero-order valence-corrected chi connectivity index (χ0v) is 13.7. The van der Waals surface area contributed by atoms with Gasteiger partial charge >= 0.3 is 0 Å². The van der Waals surface area contributed by atoms with E-state index in [2.05, 4.69) is 10.1 Å². The van der Waals surface area contributed by atoms with E-state index in [9.17, 15) is 9.59 Å². The molecule has 0 radical (unpaired) electrons. The van der Waals surface area contributed by atoms with Gasteiger partial charge in [-0.25, -0.2) is 9.67 Å². The fraction of sp³-hybridized carbons (Fsp3) is 0.529. The number of oxazole rings is 1. The van der Waals surface area contributed by atoms with Gasteiger partial charge in [0.25, 0.3) is 5.56 Å². The van der Waals surface area contributed by atoms with Gasteiger partial charge in [0.15, 0.2) is 5.89 Å². The standard InChI is InChI=1S/C17H20N4O3/c1-11-5-6-15(22)21(19-11)10-16(23)20-8-7-14-13(9-20)18-17(24-14)12-3-2-4-12/h5-6,12H,2-4,7-10H2,1H3. The van der Waals surface area contributed by atoms with Crippen molar-refractivity contribution in [1.82, 2.24) is 19.7 Å². The number of rotatable bonds is 3.